The molecule has 0 fully saturated rings. The van der Waals surface area contributed by atoms with Crippen molar-refractivity contribution >= 4 is 29.0 Å². The van der Waals surface area contributed by atoms with Crippen molar-refractivity contribution in [3.63, 3.8) is 0 Å². The first kappa shape index (κ1) is 17.9. The second-order valence-corrected chi connectivity index (χ2v) is 7.52. The van der Waals surface area contributed by atoms with E-state index in [1.807, 2.05) is 6.92 Å². The minimum atomic E-state index is -0.747. The lowest BCUT2D eigenvalue weighted by Crippen LogP contribution is -2.35. The molecule has 0 saturated heterocycles. The molecule has 0 aliphatic carbocycles. The molecule has 7 heteroatoms. The summed E-state index contributed by atoms with van der Waals surface area (Å²) < 4.78 is 0. The van der Waals surface area contributed by atoms with E-state index in [2.05, 4.69) is 10.3 Å². The monoisotopic (exact) mass is 346 g/mol. The number of hydrogen-bond acceptors (Lipinski definition) is 4. The largest absolute Gasteiger partial charge is 0.369 e. The van der Waals surface area contributed by atoms with Crippen LogP contribution in [0.25, 0.3) is 0 Å². The first-order valence-electron chi connectivity index (χ1n) is 7.54. The quantitative estimate of drug-likeness (QED) is 0.872. The first-order valence-corrected chi connectivity index (χ1v) is 8.35. The molecule has 0 spiro atoms. The lowest BCUT2D eigenvalue weighted by atomic mass is 9.84. The van der Waals surface area contributed by atoms with E-state index in [1.165, 1.54) is 0 Å². The molecule has 128 valence electrons. The molecule has 1 aromatic heterocycles. The number of anilines is 1. The van der Waals surface area contributed by atoms with Crippen LogP contribution >= 0.6 is 11.3 Å². The molecule has 0 bridgehead atoms. The topological polar surface area (TPSA) is 88.3 Å². The Hall–Kier alpha value is -2.41. The fourth-order valence-electron chi connectivity index (χ4n) is 2.12. The SMILES string of the molecule is Cc1ncc(CN(C)C(=O)Nc2ccc(C(C)(C)C(N)=O)cc2)s1. The summed E-state index contributed by atoms with van der Waals surface area (Å²) >= 11 is 1.57. The molecule has 0 aliphatic rings. The van der Waals surface area contributed by atoms with Crippen molar-refractivity contribution in [3.8, 4) is 0 Å². The lowest BCUT2D eigenvalue weighted by Gasteiger charge is -2.21. The maximum absolute atomic E-state index is 12.2. The van der Waals surface area contributed by atoms with E-state index in [0.29, 0.717) is 12.2 Å². The zero-order valence-corrected chi connectivity index (χ0v) is 15.1. The van der Waals surface area contributed by atoms with Gasteiger partial charge in [0.05, 0.1) is 17.0 Å². The number of urea groups is 1. The van der Waals surface area contributed by atoms with Crippen LogP contribution in [-0.4, -0.2) is 28.9 Å². The summed E-state index contributed by atoms with van der Waals surface area (Å²) in [6.45, 7) is 5.98. The number of aryl methyl sites for hydroxylation is 1. The number of benzene rings is 1. The maximum Gasteiger partial charge on any atom is 0.321 e. The van der Waals surface area contributed by atoms with Gasteiger partial charge in [-0.1, -0.05) is 12.1 Å². The molecule has 3 amide bonds. The predicted octanol–water partition coefficient (Wildman–Crippen LogP) is 2.88. The van der Waals surface area contributed by atoms with Gasteiger partial charge in [0.1, 0.15) is 0 Å². The van der Waals surface area contributed by atoms with Crippen LogP contribution in [0.2, 0.25) is 0 Å². The summed E-state index contributed by atoms with van der Waals surface area (Å²) in [5.74, 6) is -0.390. The number of aromatic nitrogens is 1. The van der Waals surface area contributed by atoms with Gasteiger partial charge < -0.3 is 16.0 Å². The van der Waals surface area contributed by atoms with Gasteiger partial charge in [0.2, 0.25) is 5.91 Å². The number of hydrogen-bond donors (Lipinski definition) is 2. The Morgan fingerprint density at radius 1 is 1.29 bits per heavy atom. The van der Waals surface area contributed by atoms with Crippen molar-refractivity contribution in [2.45, 2.75) is 32.7 Å². The Kier molecular flexibility index (Phi) is 5.23. The fraction of sp³-hybridized carbons (Fsp3) is 0.353. The van der Waals surface area contributed by atoms with E-state index in [0.717, 1.165) is 15.4 Å². The summed E-state index contributed by atoms with van der Waals surface area (Å²) in [7, 11) is 1.73. The van der Waals surface area contributed by atoms with E-state index in [9.17, 15) is 9.59 Å². The van der Waals surface area contributed by atoms with Gasteiger partial charge in [0.25, 0.3) is 0 Å². The normalized spacial score (nSPS) is 11.2. The Bertz CT molecular complexity index is 737. The van der Waals surface area contributed by atoms with Crippen molar-refractivity contribution < 1.29 is 9.59 Å². The number of thiazole rings is 1. The molecule has 2 aromatic rings. The number of amides is 3. The van der Waals surface area contributed by atoms with Crippen LogP contribution in [0.4, 0.5) is 10.5 Å². The molecular formula is C17H22N4O2S. The maximum atomic E-state index is 12.2. The Morgan fingerprint density at radius 3 is 2.42 bits per heavy atom. The van der Waals surface area contributed by atoms with E-state index >= 15 is 0 Å². The highest BCUT2D eigenvalue weighted by Crippen LogP contribution is 2.24. The molecule has 3 N–H and O–H groups in total. The smallest absolute Gasteiger partial charge is 0.321 e. The second kappa shape index (κ2) is 7.00. The highest BCUT2D eigenvalue weighted by molar-refractivity contribution is 7.11. The number of carbonyl (C=O) groups is 2. The molecule has 0 unspecified atom stereocenters. The molecule has 0 atom stereocenters. The summed E-state index contributed by atoms with van der Waals surface area (Å²) in [5.41, 5.74) is 6.14. The average molecular weight is 346 g/mol. The van der Waals surface area contributed by atoms with Crippen molar-refractivity contribution in [2.24, 2.45) is 5.73 Å². The summed E-state index contributed by atoms with van der Waals surface area (Å²) in [5, 5.41) is 3.81. The van der Waals surface area contributed by atoms with Gasteiger partial charge in [-0.2, -0.15) is 0 Å². The summed E-state index contributed by atoms with van der Waals surface area (Å²) in [6.07, 6.45) is 1.78. The fourth-order valence-corrected chi connectivity index (χ4v) is 2.96. The number of rotatable bonds is 5. The van der Waals surface area contributed by atoms with E-state index in [1.54, 1.807) is 67.6 Å². The van der Waals surface area contributed by atoms with Crippen molar-refractivity contribution in [3.05, 3.63) is 45.9 Å². The Labute approximate surface area is 145 Å². The number of primary amides is 1. The van der Waals surface area contributed by atoms with Crippen LogP contribution < -0.4 is 11.1 Å². The third kappa shape index (κ3) is 4.11. The van der Waals surface area contributed by atoms with Gasteiger partial charge in [-0.25, -0.2) is 9.78 Å². The van der Waals surface area contributed by atoms with Gasteiger partial charge in [-0.05, 0) is 38.5 Å². The van der Waals surface area contributed by atoms with Gasteiger partial charge in [0, 0.05) is 23.8 Å². The summed E-state index contributed by atoms with van der Waals surface area (Å²) in [6, 6.07) is 6.92. The number of nitrogens with two attached hydrogens (primary N) is 1. The van der Waals surface area contributed by atoms with E-state index in [-0.39, 0.29) is 11.9 Å². The van der Waals surface area contributed by atoms with Gasteiger partial charge in [-0.15, -0.1) is 11.3 Å². The van der Waals surface area contributed by atoms with Crippen LogP contribution in [0, 0.1) is 6.92 Å². The highest BCUT2D eigenvalue weighted by atomic mass is 32.1. The minimum absolute atomic E-state index is 0.206. The first-order chi connectivity index (χ1) is 11.2. The Morgan fingerprint density at radius 2 is 1.92 bits per heavy atom. The Balaban J connectivity index is 2.00. The second-order valence-electron chi connectivity index (χ2n) is 6.20. The predicted molar refractivity (Wildman–Crippen MR) is 96.0 cm³/mol. The van der Waals surface area contributed by atoms with Crippen LogP contribution in [0.3, 0.4) is 0 Å². The van der Waals surface area contributed by atoms with E-state index in [4.69, 9.17) is 5.73 Å². The molecule has 24 heavy (non-hydrogen) atoms. The zero-order valence-electron chi connectivity index (χ0n) is 14.3. The van der Waals surface area contributed by atoms with Crippen molar-refractivity contribution in [2.75, 3.05) is 12.4 Å². The van der Waals surface area contributed by atoms with Crippen LogP contribution in [0.5, 0.6) is 0 Å². The molecule has 0 aliphatic heterocycles. The zero-order chi connectivity index (χ0) is 17.9. The number of carbonyl (C=O) groups excluding carboxylic acids is 2. The van der Waals surface area contributed by atoms with Gasteiger partial charge in [-0.3, -0.25) is 4.79 Å². The highest BCUT2D eigenvalue weighted by Gasteiger charge is 2.27. The van der Waals surface area contributed by atoms with Crippen LogP contribution in [0.15, 0.2) is 30.5 Å². The third-order valence-electron chi connectivity index (χ3n) is 3.88. The van der Waals surface area contributed by atoms with Crippen LogP contribution in [-0.2, 0) is 16.8 Å². The van der Waals surface area contributed by atoms with Gasteiger partial charge in [0.15, 0.2) is 0 Å². The molecule has 1 heterocycles. The third-order valence-corrected chi connectivity index (χ3v) is 4.78. The molecule has 1 aromatic carbocycles. The molecular weight excluding hydrogens is 324 g/mol. The standard InChI is InChI=1S/C17H22N4O2S/c1-11-19-9-14(24-11)10-21(4)16(23)20-13-7-5-12(6-8-13)17(2,3)15(18)22/h5-9H,10H2,1-4H3,(H2,18,22)(H,20,23). The number of nitrogens with zero attached hydrogens (tertiary/aromatic N) is 2. The minimum Gasteiger partial charge on any atom is -0.369 e. The summed E-state index contributed by atoms with van der Waals surface area (Å²) in [4.78, 5) is 30.5. The average Bonchev–Trinajstić information content (AvgIpc) is 2.92. The van der Waals surface area contributed by atoms with Crippen molar-refractivity contribution in [1.82, 2.24) is 9.88 Å². The molecule has 2 rings (SSSR count). The van der Waals surface area contributed by atoms with Crippen molar-refractivity contribution in [1.29, 1.82) is 0 Å². The molecule has 0 radical (unpaired) electrons. The van der Waals surface area contributed by atoms with Gasteiger partial charge >= 0.3 is 6.03 Å². The molecule has 6 nitrogen and oxygen atoms in total. The lowest BCUT2D eigenvalue weighted by molar-refractivity contribution is -0.122. The molecule has 0 saturated carbocycles. The number of nitrogens with one attached hydrogen (secondary N) is 1. The van der Waals surface area contributed by atoms with E-state index < -0.39 is 5.41 Å². The van der Waals surface area contributed by atoms with Crippen LogP contribution in [0.1, 0.15) is 29.3 Å².